The van der Waals surface area contributed by atoms with Crippen molar-refractivity contribution in [3.63, 3.8) is 0 Å². The lowest BCUT2D eigenvalue weighted by atomic mass is 9.78. The first-order valence-corrected chi connectivity index (χ1v) is 11.0. The number of amides is 1. The smallest absolute Gasteiger partial charge is 0.217 e. The Balaban J connectivity index is 0.00000320. The minimum absolute atomic E-state index is 0. The summed E-state index contributed by atoms with van der Waals surface area (Å²) in [5.74, 6) is 2.04. The first kappa shape index (κ1) is 24.8. The van der Waals surface area contributed by atoms with Crippen LogP contribution in [0.3, 0.4) is 0 Å². The molecule has 1 aliphatic heterocycles. The number of ether oxygens (including phenoxy) is 1. The highest BCUT2D eigenvalue weighted by Gasteiger charge is 2.38. The van der Waals surface area contributed by atoms with E-state index in [0.29, 0.717) is 12.3 Å². The molecule has 30 heavy (non-hydrogen) atoms. The average molecular weight is 528 g/mol. The third-order valence-corrected chi connectivity index (χ3v) is 6.41. The Morgan fingerprint density at radius 2 is 2.03 bits per heavy atom. The van der Waals surface area contributed by atoms with E-state index < -0.39 is 0 Å². The van der Waals surface area contributed by atoms with E-state index in [9.17, 15) is 4.79 Å². The highest BCUT2D eigenvalue weighted by molar-refractivity contribution is 14.0. The summed E-state index contributed by atoms with van der Waals surface area (Å²) in [4.78, 5) is 18.8. The molecule has 0 spiro atoms. The fourth-order valence-electron chi connectivity index (χ4n) is 5.01. The van der Waals surface area contributed by atoms with Gasteiger partial charge in [-0.05, 0) is 44.6 Å². The number of nitrogens with one attached hydrogen (secondary N) is 1. The number of para-hydroxylation sites is 1. The van der Waals surface area contributed by atoms with E-state index in [2.05, 4.69) is 35.3 Å². The largest absolute Gasteiger partial charge is 0.496 e. The number of guanidine groups is 1. The molecule has 0 aromatic heterocycles. The van der Waals surface area contributed by atoms with Crippen molar-refractivity contribution in [3.8, 4) is 5.75 Å². The van der Waals surface area contributed by atoms with Crippen LogP contribution in [0.5, 0.6) is 5.75 Å². The van der Waals surface area contributed by atoms with Crippen LogP contribution in [-0.2, 0) is 10.2 Å². The van der Waals surface area contributed by atoms with Gasteiger partial charge in [-0.3, -0.25) is 9.79 Å². The fourth-order valence-corrected chi connectivity index (χ4v) is 5.01. The second-order valence-corrected chi connectivity index (χ2v) is 8.48. The van der Waals surface area contributed by atoms with Crippen molar-refractivity contribution in [2.75, 3.05) is 33.3 Å². The summed E-state index contributed by atoms with van der Waals surface area (Å²) in [6.45, 7) is 5.51. The Labute approximate surface area is 198 Å². The standard InChI is InChI=1S/C23H36N4O2.HI/c1-3-25-22(27-14-8-9-18(16-27)15-21(24)28)26-17-23(12-6-7-13-23)19-10-4-5-11-20(19)29-2;/h4-5,10-11,18H,3,6-9,12-17H2,1-2H3,(H2,24,28)(H,25,26);1H. The Hall–Kier alpha value is -1.51. The number of rotatable bonds is 7. The van der Waals surface area contributed by atoms with Gasteiger partial charge in [-0.1, -0.05) is 31.0 Å². The SMILES string of the molecule is CCNC(=NCC1(c2ccccc2OC)CCCC1)N1CCCC(CC(N)=O)C1.I. The van der Waals surface area contributed by atoms with Crippen molar-refractivity contribution < 1.29 is 9.53 Å². The van der Waals surface area contributed by atoms with Crippen molar-refractivity contribution in [1.82, 2.24) is 10.2 Å². The van der Waals surface area contributed by atoms with Gasteiger partial charge in [0.15, 0.2) is 5.96 Å². The molecule has 1 saturated carbocycles. The highest BCUT2D eigenvalue weighted by Crippen LogP contribution is 2.45. The van der Waals surface area contributed by atoms with Gasteiger partial charge in [0.2, 0.25) is 5.91 Å². The molecule has 1 atom stereocenters. The minimum Gasteiger partial charge on any atom is -0.496 e. The molecular weight excluding hydrogens is 491 g/mol. The molecule has 3 rings (SSSR count). The summed E-state index contributed by atoms with van der Waals surface area (Å²) in [6.07, 6.45) is 7.33. The van der Waals surface area contributed by atoms with Gasteiger partial charge in [-0.15, -0.1) is 24.0 Å². The van der Waals surface area contributed by atoms with Gasteiger partial charge in [-0.2, -0.15) is 0 Å². The Morgan fingerprint density at radius 3 is 2.70 bits per heavy atom. The number of carbonyl (C=O) groups is 1. The lowest BCUT2D eigenvalue weighted by Gasteiger charge is -2.36. The number of halogens is 1. The average Bonchev–Trinajstić information content (AvgIpc) is 3.21. The molecule has 168 valence electrons. The Kier molecular flexibility index (Phi) is 9.71. The summed E-state index contributed by atoms with van der Waals surface area (Å²) in [6, 6.07) is 8.40. The van der Waals surface area contributed by atoms with Crippen molar-refractivity contribution in [2.45, 2.75) is 57.3 Å². The maximum Gasteiger partial charge on any atom is 0.217 e. The highest BCUT2D eigenvalue weighted by atomic mass is 127. The molecule has 0 radical (unpaired) electrons. The molecule has 7 heteroatoms. The molecular formula is C23H37IN4O2. The van der Waals surface area contributed by atoms with Gasteiger partial charge in [-0.25, -0.2) is 0 Å². The van der Waals surface area contributed by atoms with Crippen LogP contribution in [0.2, 0.25) is 0 Å². The number of hydrogen-bond acceptors (Lipinski definition) is 3. The van der Waals surface area contributed by atoms with Crippen LogP contribution < -0.4 is 15.8 Å². The van der Waals surface area contributed by atoms with Crippen LogP contribution in [-0.4, -0.2) is 50.1 Å². The van der Waals surface area contributed by atoms with Crippen LogP contribution in [0.15, 0.2) is 29.3 Å². The predicted octanol–water partition coefficient (Wildman–Crippen LogP) is 3.68. The van der Waals surface area contributed by atoms with E-state index in [1.165, 1.54) is 18.4 Å². The molecule has 6 nitrogen and oxygen atoms in total. The Bertz CT molecular complexity index is 719. The van der Waals surface area contributed by atoms with Crippen molar-refractivity contribution in [3.05, 3.63) is 29.8 Å². The van der Waals surface area contributed by atoms with Crippen molar-refractivity contribution in [2.24, 2.45) is 16.6 Å². The molecule has 1 unspecified atom stereocenters. The summed E-state index contributed by atoms with van der Waals surface area (Å²) in [5.41, 5.74) is 6.76. The van der Waals surface area contributed by atoms with Crippen LogP contribution >= 0.6 is 24.0 Å². The topological polar surface area (TPSA) is 80.0 Å². The van der Waals surface area contributed by atoms with Crippen molar-refractivity contribution in [1.29, 1.82) is 0 Å². The van der Waals surface area contributed by atoms with E-state index >= 15 is 0 Å². The lowest BCUT2D eigenvalue weighted by Crippen LogP contribution is -2.47. The zero-order valence-electron chi connectivity index (χ0n) is 18.4. The van der Waals surface area contributed by atoms with E-state index in [1.807, 2.05) is 6.07 Å². The molecule has 2 fully saturated rings. The number of hydrogen-bond donors (Lipinski definition) is 2. The van der Waals surface area contributed by atoms with Crippen LogP contribution in [0, 0.1) is 5.92 Å². The minimum atomic E-state index is -0.208. The molecule has 0 bridgehead atoms. The van der Waals surface area contributed by atoms with Crippen LogP contribution in [0.25, 0.3) is 0 Å². The van der Waals surface area contributed by atoms with E-state index in [-0.39, 0.29) is 35.3 Å². The normalized spacial score (nSPS) is 21.1. The first-order valence-electron chi connectivity index (χ1n) is 11.0. The molecule has 1 aliphatic carbocycles. The third-order valence-electron chi connectivity index (χ3n) is 6.41. The van der Waals surface area contributed by atoms with Gasteiger partial charge in [0.25, 0.3) is 0 Å². The maximum atomic E-state index is 11.4. The molecule has 1 aromatic carbocycles. The summed E-state index contributed by atoms with van der Waals surface area (Å²) in [5, 5.41) is 3.48. The molecule has 1 saturated heterocycles. The number of nitrogens with zero attached hydrogens (tertiary/aromatic N) is 2. The van der Waals surface area contributed by atoms with E-state index in [0.717, 1.165) is 63.6 Å². The predicted molar refractivity (Wildman–Crippen MR) is 133 cm³/mol. The number of benzene rings is 1. The second kappa shape index (κ2) is 11.8. The number of primary amides is 1. The summed E-state index contributed by atoms with van der Waals surface area (Å²) >= 11 is 0. The van der Waals surface area contributed by atoms with E-state index in [1.54, 1.807) is 7.11 Å². The van der Waals surface area contributed by atoms with Gasteiger partial charge < -0.3 is 20.7 Å². The number of carbonyl (C=O) groups excluding carboxylic acids is 1. The molecule has 2 aliphatic rings. The van der Waals surface area contributed by atoms with E-state index in [4.69, 9.17) is 15.5 Å². The molecule has 1 heterocycles. The van der Waals surface area contributed by atoms with Crippen LogP contribution in [0.4, 0.5) is 0 Å². The zero-order valence-corrected chi connectivity index (χ0v) is 20.7. The number of methoxy groups -OCH3 is 1. The number of aliphatic imine (C=N–C) groups is 1. The maximum absolute atomic E-state index is 11.4. The van der Waals surface area contributed by atoms with Gasteiger partial charge in [0, 0.05) is 37.0 Å². The first-order chi connectivity index (χ1) is 14.1. The van der Waals surface area contributed by atoms with Crippen molar-refractivity contribution >= 4 is 35.8 Å². The number of piperidine rings is 1. The lowest BCUT2D eigenvalue weighted by molar-refractivity contribution is -0.119. The zero-order chi connectivity index (χ0) is 20.7. The van der Waals surface area contributed by atoms with Gasteiger partial charge in [0.05, 0.1) is 13.7 Å². The molecule has 1 amide bonds. The van der Waals surface area contributed by atoms with Gasteiger partial charge in [0.1, 0.15) is 5.75 Å². The van der Waals surface area contributed by atoms with Crippen LogP contribution in [0.1, 0.15) is 57.4 Å². The quantitative estimate of drug-likeness (QED) is 0.322. The second-order valence-electron chi connectivity index (χ2n) is 8.48. The number of nitrogens with two attached hydrogens (primary N) is 1. The molecule has 3 N–H and O–H groups in total. The Morgan fingerprint density at radius 1 is 1.30 bits per heavy atom. The number of likely N-dealkylation sites (tertiary alicyclic amines) is 1. The molecule has 1 aromatic rings. The monoisotopic (exact) mass is 528 g/mol. The summed E-state index contributed by atoms with van der Waals surface area (Å²) in [7, 11) is 1.75. The third kappa shape index (κ3) is 6.02. The summed E-state index contributed by atoms with van der Waals surface area (Å²) < 4.78 is 5.69. The fraction of sp³-hybridized carbons (Fsp3) is 0.652. The van der Waals surface area contributed by atoms with Gasteiger partial charge >= 0.3 is 0 Å².